The fraction of sp³-hybridized carbons (Fsp3) is 0.0800. The fourth-order valence-corrected chi connectivity index (χ4v) is 11.7. The number of aromatic nitrogens is 2. The molecule has 0 radical (unpaired) electrons. The van der Waals surface area contributed by atoms with Gasteiger partial charge in [0.05, 0.1) is 29.3 Å². The van der Waals surface area contributed by atoms with E-state index in [9.17, 15) is 0 Å². The van der Waals surface area contributed by atoms with E-state index in [0.717, 1.165) is 94.5 Å². The second-order valence-electron chi connectivity index (χ2n) is 21.6. The molecule has 2 aromatic heterocycles. The first kappa shape index (κ1) is 43.8. The molecule has 0 saturated carbocycles. The normalized spacial score (nSPS) is 14.1. The number of pyridine rings is 1. The number of aryl methyl sites for hydroxylation is 1. The minimum Gasteiger partial charge on any atom is -0.457 e. The Morgan fingerprint density at radius 2 is 1.06 bits per heavy atom. The van der Waals surface area contributed by atoms with Crippen LogP contribution in [-0.2, 0) is 10.2 Å². The first-order valence-electron chi connectivity index (χ1n) is 29.9. The number of para-hydroxylation sites is 1. The first-order valence-corrected chi connectivity index (χ1v) is 27.4. The molecule has 81 heavy (non-hydrogen) atoms. The Labute approximate surface area is 480 Å². The summed E-state index contributed by atoms with van der Waals surface area (Å²) in [7, 11) is 0. The average molecular weight is 1050 g/mol. The summed E-state index contributed by atoms with van der Waals surface area (Å²) < 4.78 is 58.5. The van der Waals surface area contributed by atoms with E-state index < -0.39 is 6.04 Å². The summed E-state index contributed by atoms with van der Waals surface area (Å²) in [6.07, 6.45) is 3.49. The summed E-state index contributed by atoms with van der Waals surface area (Å²) >= 11 is 0. The summed E-state index contributed by atoms with van der Waals surface area (Å²) in [5.41, 5.74) is 17.7. The van der Waals surface area contributed by atoms with Crippen molar-refractivity contribution in [1.82, 2.24) is 14.5 Å². The van der Waals surface area contributed by atoms with Crippen molar-refractivity contribution in [3.05, 3.63) is 295 Å². The van der Waals surface area contributed by atoms with E-state index >= 15 is 0 Å². The van der Waals surface area contributed by atoms with E-state index in [4.69, 9.17) is 21.3 Å². The summed E-state index contributed by atoms with van der Waals surface area (Å²) in [6.45, 7) is 8.94. The summed E-state index contributed by atoms with van der Waals surface area (Å²) in [5, 5.41) is 2.06. The lowest BCUT2D eigenvalue weighted by Gasteiger charge is -2.30. The van der Waals surface area contributed by atoms with Crippen LogP contribution in [0.15, 0.2) is 273 Å². The van der Waals surface area contributed by atoms with Crippen molar-refractivity contribution in [3.63, 3.8) is 0 Å². The van der Waals surface area contributed by atoms with Gasteiger partial charge in [0.15, 0.2) is 0 Å². The number of fused-ring (bicyclic) bond motifs is 4. The molecular weight excluding hydrogens is 989 g/mol. The Balaban J connectivity index is 0.893. The van der Waals surface area contributed by atoms with E-state index in [1.54, 1.807) is 6.20 Å². The largest absolute Gasteiger partial charge is 0.457 e. The zero-order valence-electron chi connectivity index (χ0n) is 50.3. The molecule has 2 aliphatic heterocycles. The third-order valence-electron chi connectivity index (χ3n) is 15.6. The average Bonchev–Trinajstić information content (AvgIpc) is 1.63. The summed E-state index contributed by atoms with van der Waals surface area (Å²) in [5.74, 6) is 2.58. The topological polar surface area (TPSA) is 42.8 Å². The molecule has 0 saturated heterocycles. The van der Waals surface area contributed by atoms with Gasteiger partial charge in [0.1, 0.15) is 35.9 Å². The van der Waals surface area contributed by atoms with Gasteiger partial charge in [0, 0.05) is 50.9 Å². The molecular formula is C75H58N4O2. The zero-order valence-corrected chi connectivity index (χ0v) is 45.3. The maximum Gasteiger partial charge on any atom is 0.226 e. The molecule has 0 bridgehead atoms. The van der Waals surface area contributed by atoms with Crippen LogP contribution in [0.5, 0.6) is 11.5 Å². The van der Waals surface area contributed by atoms with Gasteiger partial charge in [-0.25, -0.2) is 4.98 Å². The van der Waals surface area contributed by atoms with Crippen molar-refractivity contribution in [2.24, 2.45) is 0 Å². The van der Waals surface area contributed by atoms with Gasteiger partial charge >= 0.3 is 0 Å². The van der Waals surface area contributed by atoms with E-state index in [1.165, 1.54) is 5.56 Å². The molecule has 0 N–H and O–H groups in total. The first-order chi connectivity index (χ1) is 41.8. The van der Waals surface area contributed by atoms with Crippen LogP contribution in [-0.4, -0.2) is 21.1 Å². The van der Waals surface area contributed by atoms with Gasteiger partial charge in [-0.3, -0.25) is 9.47 Å². The van der Waals surface area contributed by atoms with Crippen molar-refractivity contribution < 1.29 is 16.3 Å². The molecule has 0 aliphatic carbocycles. The van der Waals surface area contributed by atoms with Gasteiger partial charge in [-0.1, -0.05) is 227 Å². The molecule has 10 aromatic carbocycles. The van der Waals surface area contributed by atoms with Gasteiger partial charge in [-0.15, -0.1) is 0 Å². The Bertz CT molecular complexity index is 4590. The van der Waals surface area contributed by atoms with E-state index in [2.05, 4.69) is 229 Å². The molecule has 0 fully saturated rings. The highest BCUT2D eigenvalue weighted by atomic mass is 16.5. The molecule has 0 amide bonds. The van der Waals surface area contributed by atoms with Crippen LogP contribution in [0, 0.1) is 6.92 Å². The number of rotatable bonds is 11. The lowest BCUT2D eigenvalue weighted by molar-refractivity contribution is 0.297. The lowest BCUT2D eigenvalue weighted by Crippen LogP contribution is -2.27. The molecule has 2 aliphatic rings. The quantitative estimate of drug-likeness (QED) is 0.129. The number of ether oxygens (including phenoxy) is 2. The Kier molecular flexibility index (Phi) is 10.9. The van der Waals surface area contributed by atoms with Crippen LogP contribution in [0.1, 0.15) is 49.9 Å². The zero-order chi connectivity index (χ0) is 59.0. The maximum atomic E-state index is 8.74. The van der Waals surface area contributed by atoms with Gasteiger partial charge in [-0.05, 0) is 105 Å². The molecule has 6 nitrogen and oxygen atoms in total. The summed E-state index contributed by atoms with van der Waals surface area (Å²) in [6, 6.07) is 76.7. The third kappa shape index (κ3) is 8.92. The van der Waals surface area contributed by atoms with Crippen LogP contribution >= 0.6 is 0 Å². The minimum absolute atomic E-state index is 0.113. The van der Waals surface area contributed by atoms with E-state index in [0.29, 0.717) is 41.0 Å². The number of hydrogen-bond acceptors (Lipinski definition) is 5. The Hall–Kier alpha value is -10.2. The Morgan fingerprint density at radius 1 is 0.494 bits per heavy atom. The molecule has 14 rings (SSSR count). The van der Waals surface area contributed by atoms with Gasteiger partial charge in [0.25, 0.3) is 0 Å². The second kappa shape index (κ2) is 20.2. The standard InChI is InChI=1S/C75H58N4O2/c1-50-43-70(76-47-66(50)55-31-18-9-19-32-55)79-67-42-39-57(75(2,3)4)45-65(67)64-41-40-59(46-68(64)79)81-58-34-20-33-56(44-58)69-48-80-74-73(71-60(51-23-10-5-11-24-51)35-21-36-61(71)52-25-12-6-13-26-52)78(49-77(69)74)72-62(53-27-14-7-15-28-53)37-22-38-63(72)54-29-16-8-17-30-54/h5-48H,49H2,1-4H3/i9D,18D,19D,31D,32D. The molecule has 0 spiro atoms. The highest BCUT2D eigenvalue weighted by Crippen LogP contribution is 2.53. The van der Waals surface area contributed by atoms with Crippen molar-refractivity contribution in [3.8, 4) is 73.0 Å². The van der Waals surface area contributed by atoms with Gasteiger partial charge < -0.3 is 14.4 Å². The molecule has 0 atom stereocenters. The monoisotopic (exact) mass is 1050 g/mol. The van der Waals surface area contributed by atoms with Crippen molar-refractivity contribution in [1.29, 1.82) is 0 Å². The molecule has 390 valence electrons. The minimum atomic E-state index is -0.433. The van der Waals surface area contributed by atoms with Crippen LogP contribution in [0.2, 0.25) is 0 Å². The van der Waals surface area contributed by atoms with Crippen molar-refractivity contribution in [2.75, 3.05) is 11.6 Å². The molecule has 12 aromatic rings. The smallest absolute Gasteiger partial charge is 0.226 e. The molecule has 4 heterocycles. The lowest BCUT2D eigenvalue weighted by atomic mass is 9.86. The number of hydrogen-bond donors (Lipinski definition) is 0. The third-order valence-corrected chi connectivity index (χ3v) is 15.6. The van der Waals surface area contributed by atoms with Crippen LogP contribution in [0.25, 0.3) is 94.7 Å². The van der Waals surface area contributed by atoms with Gasteiger partial charge in [0.2, 0.25) is 5.88 Å². The predicted octanol–water partition coefficient (Wildman–Crippen LogP) is 19.3. The van der Waals surface area contributed by atoms with Crippen LogP contribution < -0.4 is 9.64 Å². The SMILES string of the molecule is [2H]c1c([2H])c([2H])c(-c2cnc(-n3c4ccc(C(C)(C)C)cc4c4ccc(Oc5cccc(C6=COC7=C(c8c(-c9ccccc9)cccc8-c8ccccc8)N(c8c(-c9ccccc9)cccc8-c8ccccc8)CN67)c5)cc43)cc2C)c([2H])c1[2H]. The highest BCUT2D eigenvalue weighted by molar-refractivity contribution is 6.10. The van der Waals surface area contributed by atoms with Crippen LogP contribution in [0.3, 0.4) is 0 Å². The maximum absolute atomic E-state index is 8.74. The van der Waals surface area contributed by atoms with E-state index in [1.807, 2.05) is 43.5 Å². The van der Waals surface area contributed by atoms with Crippen LogP contribution in [0.4, 0.5) is 5.69 Å². The summed E-state index contributed by atoms with van der Waals surface area (Å²) in [4.78, 5) is 9.72. The number of anilines is 1. The van der Waals surface area contributed by atoms with Crippen molar-refractivity contribution >= 4 is 38.9 Å². The second-order valence-corrected chi connectivity index (χ2v) is 21.6. The van der Waals surface area contributed by atoms with Gasteiger partial charge in [-0.2, -0.15) is 0 Å². The fourth-order valence-electron chi connectivity index (χ4n) is 11.7. The highest BCUT2D eigenvalue weighted by Gasteiger charge is 2.42. The van der Waals surface area contributed by atoms with E-state index in [-0.39, 0.29) is 35.1 Å². The number of nitrogens with zero attached hydrogens (tertiary/aromatic N) is 4. The Morgan fingerprint density at radius 3 is 1.67 bits per heavy atom. The number of benzene rings is 10. The molecule has 6 heteroatoms. The molecule has 0 unspecified atom stereocenters. The van der Waals surface area contributed by atoms with Crippen molar-refractivity contribution in [2.45, 2.75) is 33.1 Å². The predicted molar refractivity (Wildman–Crippen MR) is 334 cm³/mol.